The largest absolute Gasteiger partial charge is 0.396 e. The summed E-state index contributed by atoms with van der Waals surface area (Å²) in [5, 5.41) is 15.2. The topological polar surface area (TPSA) is 108 Å². The molecule has 0 radical (unpaired) electrons. The molecular weight excluding hydrogens is 470 g/mol. The maximum absolute atomic E-state index is 13.9. The van der Waals surface area contributed by atoms with Crippen LogP contribution >= 0.6 is 0 Å². The maximum Gasteiger partial charge on any atom is 0.246 e. The van der Waals surface area contributed by atoms with Gasteiger partial charge in [0.25, 0.3) is 0 Å². The zero-order chi connectivity index (χ0) is 25.8. The second-order valence-electron chi connectivity index (χ2n) is 10.3. The van der Waals surface area contributed by atoms with Gasteiger partial charge in [0.05, 0.1) is 17.9 Å². The number of nitrogens with zero attached hydrogens (tertiary/aromatic N) is 1. The number of aliphatic hydroxyl groups excluding tert-OH is 1. The van der Waals surface area contributed by atoms with Crippen molar-refractivity contribution in [2.24, 2.45) is 11.8 Å². The minimum Gasteiger partial charge on any atom is -0.396 e. The molecule has 5 rings (SSSR count). The molecule has 37 heavy (non-hydrogen) atoms. The van der Waals surface area contributed by atoms with E-state index in [4.69, 9.17) is 9.84 Å². The van der Waals surface area contributed by atoms with Crippen LogP contribution in [0.25, 0.3) is 0 Å². The van der Waals surface area contributed by atoms with Crippen molar-refractivity contribution in [2.75, 3.05) is 13.2 Å². The van der Waals surface area contributed by atoms with Gasteiger partial charge >= 0.3 is 0 Å². The molecule has 0 aromatic heterocycles. The minimum absolute atomic E-state index is 0.0932. The highest BCUT2D eigenvalue weighted by molar-refractivity contribution is 5.98. The van der Waals surface area contributed by atoms with Gasteiger partial charge in [0.2, 0.25) is 17.7 Å². The van der Waals surface area contributed by atoms with Crippen LogP contribution in [0.2, 0.25) is 0 Å². The lowest BCUT2D eigenvalue weighted by Gasteiger charge is -2.33. The molecule has 2 bridgehead atoms. The van der Waals surface area contributed by atoms with Gasteiger partial charge in [0.1, 0.15) is 11.6 Å². The summed E-state index contributed by atoms with van der Waals surface area (Å²) in [6.07, 6.45) is 2.92. The zero-order valence-electron chi connectivity index (χ0n) is 21.0. The van der Waals surface area contributed by atoms with Crippen LogP contribution in [-0.2, 0) is 32.2 Å². The average molecular weight is 506 g/mol. The lowest BCUT2D eigenvalue weighted by atomic mass is 9.70. The molecule has 0 saturated carbocycles. The van der Waals surface area contributed by atoms with Gasteiger partial charge in [-0.15, -0.1) is 0 Å². The van der Waals surface area contributed by atoms with Gasteiger partial charge in [-0.1, -0.05) is 60.7 Å². The monoisotopic (exact) mass is 505 g/mol. The third-order valence-electron chi connectivity index (χ3n) is 8.03. The lowest BCUT2D eigenvalue weighted by Crippen LogP contribution is -2.55. The number of rotatable bonds is 11. The molecule has 2 unspecified atom stereocenters. The number of ether oxygens (including phenoxy) is 1. The summed E-state index contributed by atoms with van der Waals surface area (Å²) in [5.41, 5.74) is 0.962. The Balaban J connectivity index is 1.36. The van der Waals surface area contributed by atoms with Crippen molar-refractivity contribution in [2.45, 2.75) is 62.9 Å². The Kier molecular flexibility index (Phi) is 7.58. The molecule has 5 atom stereocenters. The number of amides is 3. The molecule has 3 amide bonds. The highest BCUT2D eigenvalue weighted by Crippen LogP contribution is 2.58. The number of likely N-dealkylation sites (tertiary alicyclic amines) is 1. The van der Waals surface area contributed by atoms with Crippen molar-refractivity contribution in [1.29, 1.82) is 0 Å². The highest BCUT2D eigenvalue weighted by Gasteiger charge is 2.74. The fourth-order valence-electron chi connectivity index (χ4n) is 6.35. The van der Waals surface area contributed by atoms with E-state index in [0.717, 1.165) is 17.5 Å². The number of aliphatic hydroxyl groups is 1. The predicted molar refractivity (Wildman–Crippen MR) is 137 cm³/mol. The molecule has 1 spiro atoms. The van der Waals surface area contributed by atoms with E-state index in [1.165, 1.54) is 0 Å². The van der Waals surface area contributed by atoms with Crippen LogP contribution in [0.5, 0.6) is 0 Å². The van der Waals surface area contributed by atoms with E-state index < -0.39 is 23.5 Å². The molecule has 2 aromatic rings. The Morgan fingerprint density at radius 3 is 2.16 bits per heavy atom. The summed E-state index contributed by atoms with van der Waals surface area (Å²) in [5.74, 6) is -1.90. The van der Waals surface area contributed by atoms with Gasteiger partial charge in [-0.05, 0) is 43.2 Å². The fourth-order valence-corrected chi connectivity index (χ4v) is 6.35. The van der Waals surface area contributed by atoms with Crippen LogP contribution in [-0.4, -0.2) is 58.6 Å². The van der Waals surface area contributed by atoms with E-state index in [0.29, 0.717) is 45.3 Å². The van der Waals surface area contributed by atoms with Gasteiger partial charge < -0.3 is 25.4 Å². The first-order valence-electron chi connectivity index (χ1n) is 13.3. The Morgan fingerprint density at radius 2 is 1.54 bits per heavy atom. The summed E-state index contributed by atoms with van der Waals surface area (Å²) in [6.45, 7) is 1.22. The van der Waals surface area contributed by atoms with Gasteiger partial charge in [0.15, 0.2) is 0 Å². The van der Waals surface area contributed by atoms with E-state index >= 15 is 0 Å². The number of carbonyl (C=O) groups excluding carboxylic acids is 3. The predicted octanol–water partition coefficient (Wildman–Crippen LogP) is 2.16. The quantitative estimate of drug-likeness (QED) is 0.406. The van der Waals surface area contributed by atoms with Gasteiger partial charge in [-0.3, -0.25) is 14.4 Å². The molecule has 196 valence electrons. The fraction of sp³-hybridized carbons (Fsp3) is 0.483. The van der Waals surface area contributed by atoms with Crippen LogP contribution in [0.15, 0.2) is 60.7 Å². The van der Waals surface area contributed by atoms with Gasteiger partial charge in [-0.25, -0.2) is 0 Å². The third kappa shape index (κ3) is 4.88. The summed E-state index contributed by atoms with van der Waals surface area (Å²) >= 11 is 0. The zero-order valence-corrected chi connectivity index (χ0v) is 21.0. The molecule has 3 N–H and O–H groups in total. The number of carbonyl (C=O) groups is 3. The number of benzene rings is 2. The van der Waals surface area contributed by atoms with Crippen molar-refractivity contribution in [3.63, 3.8) is 0 Å². The number of nitrogens with one attached hydrogen (secondary N) is 2. The minimum atomic E-state index is -0.992. The van der Waals surface area contributed by atoms with E-state index in [2.05, 4.69) is 10.6 Å². The van der Waals surface area contributed by atoms with E-state index in [1.807, 2.05) is 60.7 Å². The van der Waals surface area contributed by atoms with Crippen molar-refractivity contribution in [3.05, 3.63) is 71.8 Å². The first-order valence-corrected chi connectivity index (χ1v) is 13.3. The summed E-state index contributed by atoms with van der Waals surface area (Å²) < 4.78 is 6.46. The molecule has 3 aliphatic rings. The lowest BCUT2D eigenvalue weighted by molar-refractivity contribution is -0.142. The van der Waals surface area contributed by atoms with Crippen molar-refractivity contribution < 1.29 is 24.2 Å². The molecule has 3 fully saturated rings. The Labute approximate surface area is 217 Å². The number of hydrogen-bond donors (Lipinski definition) is 3. The summed E-state index contributed by atoms with van der Waals surface area (Å²) in [6, 6.07) is 18.5. The Hall–Kier alpha value is -3.23. The van der Waals surface area contributed by atoms with Gasteiger partial charge in [-0.2, -0.15) is 0 Å². The molecule has 3 heterocycles. The van der Waals surface area contributed by atoms with E-state index in [-0.39, 0.29) is 30.4 Å². The molecular formula is C29H35N3O5. The van der Waals surface area contributed by atoms with Crippen molar-refractivity contribution in [1.82, 2.24) is 15.5 Å². The number of fused-ring (bicyclic) bond motifs is 1. The van der Waals surface area contributed by atoms with Crippen LogP contribution in [0.4, 0.5) is 0 Å². The van der Waals surface area contributed by atoms with Gasteiger partial charge in [0, 0.05) is 26.2 Å². The molecule has 3 saturated heterocycles. The number of unbranched alkanes of at least 4 members (excludes halogenated alkanes) is 2. The Bertz CT molecular complexity index is 1110. The van der Waals surface area contributed by atoms with Crippen LogP contribution in [0.1, 0.15) is 43.2 Å². The van der Waals surface area contributed by atoms with Crippen molar-refractivity contribution in [3.8, 4) is 0 Å². The normalized spacial score (nSPS) is 27.8. The SMILES string of the molecule is O=C(NCc1ccccc1)C1N(CCCCCO)C(=O)[C@@H]2[C@@H](C(=O)NCc3ccccc3)[C@H]3CCC12O3. The molecule has 2 aromatic carbocycles. The molecule has 8 heteroatoms. The summed E-state index contributed by atoms with van der Waals surface area (Å²) in [4.78, 5) is 42.5. The second-order valence-corrected chi connectivity index (χ2v) is 10.3. The van der Waals surface area contributed by atoms with Crippen LogP contribution in [0.3, 0.4) is 0 Å². The first kappa shape index (κ1) is 25.4. The summed E-state index contributed by atoms with van der Waals surface area (Å²) in [7, 11) is 0. The maximum atomic E-state index is 13.9. The molecule has 0 aliphatic carbocycles. The number of hydrogen-bond acceptors (Lipinski definition) is 5. The Morgan fingerprint density at radius 1 is 0.919 bits per heavy atom. The standard InChI is InChI=1S/C29H35N3O5/c33-17-9-3-8-16-32-25(27(35)31-19-21-12-6-2-7-13-21)29-15-14-22(37-29)23(24(29)28(32)36)26(34)30-18-20-10-4-1-5-11-20/h1-2,4-7,10-13,22-25,33H,3,8-9,14-19H2,(H,30,34)(H,31,35)/t22-,23+,24+,25?,29?/m1/s1. The van der Waals surface area contributed by atoms with E-state index in [9.17, 15) is 14.4 Å². The third-order valence-corrected chi connectivity index (χ3v) is 8.03. The van der Waals surface area contributed by atoms with E-state index in [1.54, 1.807) is 4.90 Å². The smallest absolute Gasteiger partial charge is 0.246 e. The second kappa shape index (κ2) is 11.0. The van der Waals surface area contributed by atoms with Crippen LogP contribution < -0.4 is 10.6 Å². The van der Waals surface area contributed by atoms with Crippen LogP contribution in [0, 0.1) is 11.8 Å². The highest BCUT2D eigenvalue weighted by atomic mass is 16.5. The first-order chi connectivity index (χ1) is 18.0. The average Bonchev–Trinajstić information content (AvgIpc) is 3.57. The molecule has 8 nitrogen and oxygen atoms in total. The molecule has 3 aliphatic heterocycles. The van der Waals surface area contributed by atoms with Crippen molar-refractivity contribution >= 4 is 17.7 Å².